The number of Topliss-reactive ketones (excluding diaryl/α,β-unsaturated/α-hetero) is 2. The molecule has 1 atom stereocenters. The number of carbonyl (C=O) groups excluding carboxylic acids is 2. The SMILES string of the molecule is C=C(C)CCC(CC(=O)c1ccc(NC)c(OC)c1CC)C(C)=O.CC.CC. The predicted octanol–water partition coefficient (Wildman–Crippen LogP) is 6.49. The zero-order valence-electron chi connectivity index (χ0n) is 19.5. The number of carbonyl (C=O) groups is 2. The molecule has 0 aliphatic heterocycles. The van der Waals surface area contributed by atoms with Gasteiger partial charge in [0.05, 0.1) is 12.8 Å². The van der Waals surface area contributed by atoms with Crippen LogP contribution in [-0.4, -0.2) is 25.7 Å². The second-order valence-corrected chi connectivity index (χ2v) is 6.21. The van der Waals surface area contributed by atoms with E-state index in [0.717, 1.165) is 23.2 Å². The van der Waals surface area contributed by atoms with Crippen LogP contribution in [0.4, 0.5) is 5.69 Å². The van der Waals surface area contributed by atoms with E-state index in [0.29, 0.717) is 24.2 Å². The molecule has 0 fully saturated rings. The van der Waals surface area contributed by atoms with E-state index in [-0.39, 0.29) is 23.9 Å². The zero-order chi connectivity index (χ0) is 22.3. The summed E-state index contributed by atoms with van der Waals surface area (Å²) in [7, 11) is 3.43. The number of hydrogen-bond donors (Lipinski definition) is 1. The molecule has 4 nitrogen and oxygen atoms in total. The van der Waals surface area contributed by atoms with Gasteiger partial charge in [-0.15, -0.1) is 6.58 Å². The Morgan fingerprint density at radius 3 is 2.11 bits per heavy atom. The zero-order valence-corrected chi connectivity index (χ0v) is 19.5. The summed E-state index contributed by atoms with van der Waals surface area (Å²) in [4.78, 5) is 24.7. The van der Waals surface area contributed by atoms with Crippen LogP contribution in [0.3, 0.4) is 0 Å². The van der Waals surface area contributed by atoms with Gasteiger partial charge < -0.3 is 10.1 Å². The molecule has 160 valence electrons. The van der Waals surface area contributed by atoms with Gasteiger partial charge in [0.25, 0.3) is 0 Å². The lowest BCUT2D eigenvalue weighted by Gasteiger charge is -2.18. The Bertz CT molecular complexity index is 621. The Hall–Kier alpha value is -2.10. The second-order valence-electron chi connectivity index (χ2n) is 6.21. The number of ketones is 2. The summed E-state index contributed by atoms with van der Waals surface area (Å²) in [5.41, 5.74) is 3.42. The highest BCUT2D eigenvalue weighted by Crippen LogP contribution is 2.33. The molecule has 28 heavy (non-hydrogen) atoms. The number of anilines is 1. The van der Waals surface area contributed by atoms with Gasteiger partial charge in [-0.2, -0.15) is 0 Å². The van der Waals surface area contributed by atoms with Crippen molar-refractivity contribution in [2.45, 2.75) is 74.1 Å². The summed E-state index contributed by atoms with van der Waals surface area (Å²) in [6, 6.07) is 3.67. The summed E-state index contributed by atoms with van der Waals surface area (Å²) in [5.74, 6) is 0.497. The van der Waals surface area contributed by atoms with Crippen LogP contribution in [0.2, 0.25) is 0 Å². The van der Waals surface area contributed by atoms with Crippen LogP contribution < -0.4 is 10.1 Å². The summed E-state index contributed by atoms with van der Waals surface area (Å²) in [5, 5.41) is 3.08. The number of allylic oxidation sites excluding steroid dienone is 1. The first-order valence-corrected chi connectivity index (χ1v) is 10.4. The summed E-state index contributed by atoms with van der Waals surface area (Å²) in [6.07, 6.45) is 2.36. The maximum absolute atomic E-state index is 12.8. The van der Waals surface area contributed by atoms with Gasteiger partial charge in [-0.25, -0.2) is 0 Å². The van der Waals surface area contributed by atoms with Crippen LogP contribution in [0.25, 0.3) is 0 Å². The molecule has 0 radical (unpaired) electrons. The average molecular weight is 392 g/mol. The van der Waals surface area contributed by atoms with Crippen molar-refractivity contribution in [2.24, 2.45) is 5.92 Å². The van der Waals surface area contributed by atoms with Crippen LogP contribution >= 0.6 is 0 Å². The van der Waals surface area contributed by atoms with Crippen LogP contribution in [0.5, 0.6) is 5.75 Å². The largest absolute Gasteiger partial charge is 0.494 e. The lowest BCUT2D eigenvalue weighted by molar-refractivity contribution is -0.120. The lowest BCUT2D eigenvalue weighted by atomic mass is 9.88. The van der Waals surface area contributed by atoms with Gasteiger partial charge in [0.1, 0.15) is 11.5 Å². The smallest absolute Gasteiger partial charge is 0.164 e. The first-order valence-electron chi connectivity index (χ1n) is 10.4. The molecule has 0 heterocycles. The van der Waals surface area contributed by atoms with E-state index in [1.165, 1.54) is 0 Å². The van der Waals surface area contributed by atoms with Crippen molar-refractivity contribution in [3.8, 4) is 5.75 Å². The van der Waals surface area contributed by atoms with E-state index in [9.17, 15) is 9.59 Å². The van der Waals surface area contributed by atoms with Crippen LogP contribution in [0.1, 0.15) is 83.7 Å². The second kappa shape index (κ2) is 15.9. The molecule has 1 N–H and O–H groups in total. The van der Waals surface area contributed by atoms with Crippen LogP contribution in [-0.2, 0) is 11.2 Å². The number of hydrogen-bond acceptors (Lipinski definition) is 4. The van der Waals surface area contributed by atoms with Gasteiger partial charge >= 0.3 is 0 Å². The standard InChI is InChI=1S/C20H29NO3.2C2H6/c1-7-16-17(10-11-18(21-5)20(16)24-6)19(23)12-15(14(4)22)9-8-13(2)3;2*1-2/h10-11,15,21H,2,7-9,12H2,1,3-6H3;2*1-2H3. The van der Waals surface area contributed by atoms with Gasteiger partial charge in [0.2, 0.25) is 0 Å². The Morgan fingerprint density at radius 2 is 1.71 bits per heavy atom. The minimum Gasteiger partial charge on any atom is -0.494 e. The van der Waals surface area contributed by atoms with Crippen molar-refractivity contribution in [1.82, 2.24) is 0 Å². The van der Waals surface area contributed by atoms with Crippen molar-refractivity contribution >= 4 is 17.3 Å². The number of nitrogens with one attached hydrogen (secondary N) is 1. The van der Waals surface area contributed by atoms with Crippen LogP contribution in [0, 0.1) is 5.92 Å². The molecule has 0 aromatic heterocycles. The third-order valence-corrected chi connectivity index (χ3v) is 4.31. The molecule has 0 bridgehead atoms. The molecule has 1 aromatic carbocycles. The summed E-state index contributed by atoms with van der Waals surface area (Å²) < 4.78 is 5.49. The van der Waals surface area contributed by atoms with Crippen molar-refractivity contribution in [1.29, 1.82) is 0 Å². The molecule has 0 saturated heterocycles. The molecular weight excluding hydrogens is 350 g/mol. The number of ether oxygens (including phenoxy) is 1. The number of methoxy groups -OCH3 is 1. The van der Waals surface area contributed by atoms with Crippen molar-refractivity contribution in [3.05, 3.63) is 35.4 Å². The van der Waals surface area contributed by atoms with Gasteiger partial charge in [-0.05, 0) is 45.2 Å². The Kier molecular flexibility index (Phi) is 16.0. The molecule has 0 spiro atoms. The highest BCUT2D eigenvalue weighted by Gasteiger charge is 2.23. The fraction of sp³-hybridized carbons (Fsp3) is 0.583. The van der Waals surface area contributed by atoms with Gasteiger partial charge in [0.15, 0.2) is 5.78 Å². The maximum atomic E-state index is 12.8. The van der Waals surface area contributed by atoms with E-state index in [2.05, 4.69) is 11.9 Å². The number of benzene rings is 1. The van der Waals surface area contributed by atoms with Crippen molar-refractivity contribution < 1.29 is 14.3 Å². The van der Waals surface area contributed by atoms with Crippen LogP contribution in [0.15, 0.2) is 24.3 Å². The summed E-state index contributed by atoms with van der Waals surface area (Å²) >= 11 is 0. The Labute approximate surface area is 172 Å². The molecule has 1 unspecified atom stereocenters. The fourth-order valence-corrected chi connectivity index (χ4v) is 2.87. The average Bonchev–Trinajstić information content (AvgIpc) is 2.71. The minimum absolute atomic E-state index is 0.00489. The van der Waals surface area contributed by atoms with E-state index in [1.54, 1.807) is 14.0 Å². The molecule has 1 rings (SSSR count). The highest BCUT2D eigenvalue weighted by atomic mass is 16.5. The minimum atomic E-state index is -0.256. The van der Waals surface area contributed by atoms with Crippen molar-refractivity contribution in [3.63, 3.8) is 0 Å². The third kappa shape index (κ3) is 8.73. The van der Waals surface area contributed by atoms with E-state index < -0.39 is 0 Å². The third-order valence-electron chi connectivity index (χ3n) is 4.31. The molecule has 0 aliphatic rings. The molecule has 1 aromatic rings. The molecule has 0 saturated carbocycles. The molecule has 4 heteroatoms. The maximum Gasteiger partial charge on any atom is 0.164 e. The van der Waals surface area contributed by atoms with E-state index >= 15 is 0 Å². The van der Waals surface area contributed by atoms with Gasteiger partial charge in [0, 0.05) is 30.5 Å². The van der Waals surface area contributed by atoms with Crippen molar-refractivity contribution in [2.75, 3.05) is 19.5 Å². The first kappa shape index (κ1) is 28.1. The quantitative estimate of drug-likeness (QED) is 0.366. The molecule has 0 aliphatic carbocycles. The Morgan fingerprint density at radius 1 is 1.14 bits per heavy atom. The lowest BCUT2D eigenvalue weighted by Crippen LogP contribution is -2.17. The first-order chi connectivity index (χ1) is 13.3. The monoisotopic (exact) mass is 391 g/mol. The van der Waals surface area contributed by atoms with Gasteiger partial charge in [-0.3, -0.25) is 9.59 Å². The molecule has 0 amide bonds. The Balaban J connectivity index is 0. The predicted molar refractivity (Wildman–Crippen MR) is 122 cm³/mol. The highest BCUT2D eigenvalue weighted by molar-refractivity contribution is 6.01. The summed E-state index contributed by atoms with van der Waals surface area (Å²) in [6.45, 7) is 17.4. The van der Waals surface area contributed by atoms with E-state index in [1.807, 2.05) is 60.7 Å². The van der Waals surface area contributed by atoms with Gasteiger partial charge in [-0.1, -0.05) is 40.2 Å². The molecular formula is C24H41NO3. The fourth-order valence-electron chi connectivity index (χ4n) is 2.87. The topological polar surface area (TPSA) is 55.4 Å². The normalized spacial score (nSPS) is 10.5. The number of rotatable bonds is 10. The van der Waals surface area contributed by atoms with E-state index in [4.69, 9.17) is 4.74 Å².